The van der Waals surface area contributed by atoms with Crippen LogP contribution in [0.5, 0.6) is 0 Å². The number of halogens is 2. The number of aliphatic hydroxyl groups is 1. The third-order valence-electron chi connectivity index (χ3n) is 2.66. The molecule has 0 saturated heterocycles. The molecule has 1 nitrogen and oxygen atoms in total. The van der Waals surface area contributed by atoms with Crippen LogP contribution in [0.3, 0.4) is 0 Å². The van der Waals surface area contributed by atoms with E-state index in [-0.39, 0.29) is 17.9 Å². The maximum absolute atomic E-state index is 9.93. The van der Waals surface area contributed by atoms with Crippen LogP contribution in [0.4, 0.5) is 0 Å². The average Bonchev–Trinajstić information content (AvgIpc) is 2.19. The van der Waals surface area contributed by atoms with E-state index >= 15 is 0 Å². The van der Waals surface area contributed by atoms with Gasteiger partial charge in [-0.1, -0.05) is 50.0 Å². The van der Waals surface area contributed by atoms with Crippen molar-refractivity contribution in [2.45, 2.75) is 32.8 Å². The van der Waals surface area contributed by atoms with Crippen molar-refractivity contribution in [2.75, 3.05) is 0 Å². The normalized spacial score (nSPS) is 15.4. The van der Waals surface area contributed by atoms with Crippen LogP contribution in [0.15, 0.2) is 18.2 Å². The van der Waals surface area contributed by atoms with Gasteiger partial charge in [-0.25, -0.2) is 0 Å². The molecule has 0 bridgehead atoms. The standard InChI is InChI=1S/C12H16Cl2O/c1-7(2)12(15)8(3)9-4-5-10(13)11(14)6-9/h4-8,12,15H,1-3H3. The number of hydrogen-bond acceptors (Lipinski definition) is 1. The Morgan fingerprint density at radius 1 is 1.07 bits per heavy atom. The third-order valence-corrected chi connectivity index (χ3v) is 3.40. The Morgan fingerprint density at radius 2 is 1.67 bits per heavy atom. The van der Waals surface area contributed by atoms with Gasteiger partial charge in [0.2, 0.25) is 0 Å². The van der Waals surface area contributed by atoms with Crippen LogP contribution in [0.2, 0.25) is 10.0 Å². The first-order valence-corrected chi connectivity index (χ1v) is 5.82. The molecule has 0 saturated carbocycles. The molecule has 84 valence electrons. The van der Waals surface area contributed by atoms with Gasteiger partial charge in [-0.2, -0.15) is 0 Å². The number of benzene rings is 1. The van der Waals surface area contributed by atoms with Gasteiger partial charge in [-0.3, -0.25) is 0 Å². The second-order valence-corrected chi connectivity index (χ2v) is 5.01. The first-order chi connectivity index (χ1) is 6.93. The Balaban J connectivity index is 2.91. The predicted octanol–water partition coefficient (Wildman–Crippen LogP) is 4.11. The monoisotopic (exact) mass is 246 g/mol. The van der Waals surface area contributed by atoms with Crippen molar-refractivity contribution in [3.05, 3.63) is 33.8 Å². The average molecular weight is 247 g/mol. The molecular weight excluding hydrogens is 231 g/mol. The summed E-state index contributed by atoms with van der Waals surface area (Å²) in [5.41, 5.74) is 1.02. The minimum atomic E-state index is -0.359. The number of hydrogen-bond donors (Lipinski definition) is 1. The van der Waals surface area contributed by atoms with Gasteiger partial charge < -0.3 is 5.11 Å². The van der Waals surface area contributed by atoms with Crippen molar-refractivity contribution in [2.24, 2.45) is 5.92 Å². The Morgan fingerprint density at radius 3 is 2.13 bits per heavy atom. The Bertz CT molecular complexity index is 336. The molecular formula is C12H16Cl2O. The molecule has 0 radical (unpaired) electrons. The molecule has 1 aromatic rings. The highest BCUT2D eigenvalue weighted by atomic mass is 35.5. The van der Waals surface area contributed by atoms with E-state index in [0.717, 1.165) is 5.56 Å². The van der Waals surface area contributed by atoms with E-state index in [2.05, 4.69) is 0 Å². The van der Waals surface area contributed by atoms with Crippen molar-refractivity contribution >= 4 is 23.2 Å². The highest BCUT2D eigenvalue weighted by molar-refractivity contribution is 6.42. The Labute approximate surface area is 101 Å². The molecule has 15 heavy (non-hydrogen) atoms. The van der Waals surface area contributed by atoms with E-state index in [4.69, 9.17) is 23.2 Å². The molecule has 1 N–H and O–H groups in total. The minimum Gasteiger partial charge on any atom is -0.392 e. The van der Waals surface area contributed by atoms with Crippen molar-refractivity contribution in [3.63, 3.8) is 0 Å². The van der Waals surface area contributed by atoms with Gasteiger partial charge in [0.25, 0.3) is 0 Å². The zero-order valence-electron chi connectivity index (χ0n) is 9.17. The zero-order valence-corrected chi connectivity index (χ0v) is 10.7. The molecule has 0 aliphatic rings. The molecule has 3 heteroatoms. The molecule has 0 amide bonds. The van der Waals surface area contributed by atoms with Crippen LogP contribution in [-0.2, 0) is 0 Å². The number of rotatable bonds is 3. The lowest BCUT2D eigenvalue weighted by molar-refractivity contribution is 0.102. The highest BCUT2D eigenvalue weighted by Gasteiger charge is 2.19. The third kappa shape index (κ3) is 3.10. The van der Waals surface area contributed by atoms with E-state index in [1.807, 2.05) is 32.9 Å². The van der Waals surface area contributed by atoms with Crippen LogP contribution >= 0.6 is 23.2 Å². The van der Waals surface area contributed by atoms with Crippen LogP contribution in [0.1, 0.15) is 32.3 Å². The summed E-state index contributed by atoms with van der Waals surface area (Å²) in [6.45, 7) is 5.99. The summed E-state index contributed by atoms with van der Waals surface area (Å²) in [6, 6.07) is 5.49. The molecule has 2 atom stereocenters. The van der Waals surface area contributed by atoms with Crippen molar-refractivity contribution in [1.82, 2.24) is 0 Å². The first kappa shape index (κ1) is 12.8. The van der Waals surface area contributed by atoms with Gasteiger partial charge in [0.05, 0.1) is 16.1 Å². The molecule has 2 unspecified atom stereocenters. The lowest BCUT2D eigenvalue weighted by Gasteiger charge is -2.22. The highest BCUT2D eigenvalue weighted by Crippen LogP contribution is 2.29. The SMILES string of the molecule is CC(C)C(O)C(C)c1ccc(Cl)c(Cl)c1. The summed E-state index contributed by atoms with van der Waals surface area (Å²) >= 11 is 11.8. The van der Waals surface area contributed by atoms with Crippen LogP contribution < -0.4 is 0 Å². The second kappa shape index (κ2) is 5.20. The molecule has 0 aliphatic heterocycles. The summed E-state index contributed by atoms with van der Waals surface area (Å²) in [5, 5.41) is 11.0. The van der Waals surface area contributed by atoms with Gasteiger partial charge in [0, 0.05) is 5.92 Å². The van der Waals surface area contributed by atoms with E-state index in [0.29, 0.717) is 10.0 Å². The van der Waals surface area contributed by atoms with Crippen molar-refractivity contribution in [1.29, 1.82) is 0 Å². The molecule has 1 aromatic carbocycles. The van der Waals surface area contributed by atoms with Gasteiger partial charge >= 0.3 is 0 Å². The molecule has 0 aromatic heterocycles. The summed E-state index contributed by atoms with van der Waals surface area (Å²) in [7, 11) is 0. The largest absolute Gasteiger partial charge is 0.392 e. The van der Waals surface area contributed by atoms with E-state index in [9.17, 15) is 5.11 Å². The fourth-order valence-electron chi connectivity index (χ4n) is 1.57. The maximum Gasteiger partial charge on any atom is 0.0628 e. The smallest absolute Gasteiger partial charge is 0.0628 e. The van der Waals surface area contributed by atoms with E-state index in [1.165, 1.54) is 0 Å². The van der Waals surface area contributed by atoms with Crippen molar-refractivity contribution < 1.29 is 5.11 Å². The maximum atomic E-state index is 9.93. The molecule has 1 rings (SSSR count). The summed E-state index contributed by atoms with van der Waals surface area (Å²) in [5.74, 6) is 0.300. The van der Waals surface area contributed by atoms with Crippen LogP contribution in [0, 0.1) is 5.92 Å². The van der Waals surface area contributed by atoms with Gasteiger partial charge in [-0.05, 0) is 23.6 Å². The Hall–Kier alpha value is -0.240. The van der Waals surface area contributed by atoms with Crippen molar-refractivity contribution in [3.8, 4) is 0 Å². The molecule has 0 fully saturated rings. The minimum absolute atomic E-state index is 0.0692. The lowest BCUT2D eigenvalue weighted by Crippen LogP contribution is -2.21. The van der Waals surface area contributed by atoms with Gasteiger partial charge in [0.1, 0.15) is 0 Å². The first-order valence-electron chi connectivity index (χ1n) is 5.06. The topological polar surface area (TPSA) is 20.2 Å². The van der Waals surface area contributed by atoms with Crippen LogP contribution in [-0.4, -0.2) is 11.2 Å². The van der Waals surface area contributed by atoms with E-state index < -0.39 is 0 Å². The second-order valence-electron chi connectivity index (χ2n) is 4.20. The summed E-state index contributed by atoms with van der Waals surface area (Å²) in [4.78, 5) is 0. The quantitative estimate of drug-likeness (QED) is 0.851. The number of aliphatic hydroxyl groups excluding tert-OH is 1. The van der Waals surface area contributed by atoms with E-state index in [1.54, 1.807) is 6.07 Å². The van der Waals surface area contributed by atoms with Gasteiger partial charge in [-0.15, -0.1) is 0 Å². The fraction of sp³-hybridized carbons (Fsp3) is 0.500. The fourth-order valence-corrected chi connectivity index (χ4v) is 1.88. The predicted molar refractivity (Wildman–Crippen MR) is 65.7 cm³/mol. The summed E-state index contributed by atoms with van der Waals surface area (Å²) in [6.07, 6.45) is -0.359. The van der Waals surface area contributed by atoms with Gasteiger partial charge in [0.15, 0.2) is 0 Å². The zero-order chi connectivity index (χ0) is 11.6. The lowest BCUT2D eigenvalue weighted by atomic mass is 9.89. The molecule has 0 aliphatic carbocycles. The Kier molecular flexibility index (Phi) is 4.45. The molecule has 0 spiro atoms. The summed E-state index contributed by atoms with van der Waals surface area (Å²) < 4.78 is 0. The molecule has 0 heterocycles. The van der Waals surface area contributed by atoms with Crippen LogP contribution in [0.25, 0.3) is 0 Å².